The van der Waals surface area contributed by atoms with E-state index in [0.717, 1.165) is 0 Å². The van der Waals surface area contributed by atoms with Gasteiger partial charge in [0.15, 0.2) is 5.16 Å². The maximum Gasteiger partial charge on any atom is 0.321 e. The van der Waals surface area contributed by atoms with E-state index in [0.29, 0.717) is 27.3 Å². The third kappa shape index (κ3) is 4.86. The van der Waals surface area contributed by atoms with Crippen molar-refractivity contribution in [3.05, 3.63) is 70.5 Å². The third-order valence-corrected chi connectivity index (χ3v) is 5.95. The Hall–Kier alpha value is -2.98. The van der Waals surface area contributed by atoms with Gasteiger partial charge in [-0.2, -0.15) is 0 Å². The Morgan fingerprint density at radius 2 is 1.90 bits per heavy atom. The number of halogens is 3. The van der Waals surface area contributed by atoms with Crippen LogP contribution >= 0.6 is 23.4 Å². The molecule has 2 N–H and O–H groups in total. The van der Waals surface area contributed by atoms with Gasteiger partial charge >= 0.3 is 6.03 Å². The zero-order valence-electron chi connectivity index (χ0n) is 15.9. The molecule has 3 amide bonds. The van der Waals surface area contributed by atoms with Crippen LogP contribution in [0.1, 0.15) is 17.8 Å². The number of nitrogens with one attached hydrogen (secondary N) is 2. The van der Waals surface area contributed by atoms with Crippen molar-refractivity contribution in [2.24, 2.45) is 0 Å². The van der Waals surface area contributed by atoms with Crippen molar-refractivity contribution in [3.8, 4) is 5.69 Å². The van der Waals surface area contributed by atoms with Gasteiger partial charge in [0.25, 0.3) is 0 Å². The molecule has 0 radical (unpaired) electrons. The lowest BCUT2D eigenvalue weighted by atomic mass is 10.1. The Morgan fingerprint density at radius 1 is 1.13 bits per heavy atom. The van der Waals surface area contributed by atoms with Crippen LogP contribution < -0.4 is 10.6 Å². The molecule has 0 spiro atoms. The lowest BCUT2D eigenvalue weighted by molar-refractivity contribution is -0.121. The molecule has 31 heavy (non-hydrogen) atoms. The number of urea groups is 1. The van der Waals surface area contributed by atoms with Gasteiger partial charge in [-0.3, -0.25) is 14.7 Å². The average Bonchev–Trinajstić information content (AvgIpc) is 3.10. The molecular formula is C20H16ClF2N5O2S. The fraction of sp³-hybridized carbons (Fsp3) is 0.200. The highest BCUT2D eigenvalue weighted by atomic mass is 35.5. The van der Waals surface area contributed by atoms with Gasteiger partial charge in [0.05, 0.1) is 0 Å². The highest BCUT2D eigenvalue weighted by Crippen LogP contribution is 2.30. The van der Waals surface area contributed by atoms with Crippen LogP contribution in [-0.4, -0.2) is 32.7 Å². The normalized spacial score (nSPS) is 16.2. The molecule has 2 aromatic carbocycles. The number of amides is 3. The molecule has 1 aromatic heterocycles. The molecule has 1 fully saturated rings. The Bertz CT molecular complexity index is 1100. The first-order valence-corrected chi connectivity index (χ1v) is 10.6. The molecule has 1 saturated heterocycles. The molecule has 1 aliphatic rings. The first-order chi connectivity index (χ1) is 14.9. The van der Waals surface area contributed by atoms with Gasteiger partial charge < -0.3 is 5.32 Å². The quantitative estimate of drug-likeness (QED) is 0.545. The number of thioether (sulfide) groups is 1. The van der Waals surface area contributed by atoms with E-state index in [4.69, 9.17) is 11.6 Å². The zero-order valence-corrected chi connectivity index (χ0v) is 17.5. The van der Waals surface area contributed by atoms with Crippen LogP contribution in [0.15, 0.2) is 47.6 Å². The average molecular weight is 464 g/mol. The first-order valence-electron chi connectivity index (χ1n) is 9.27. The first kappa shape index (κ1) is 21.3. The van der Waals surface area contributed by atoms with Crippen LogP contribution in [0.25, 0.3) is 5.69 Å². The van der Waals surface area contributed by atoms with Crippen LogP contribution in [0.4, 0.5) is 13.6 Å². The molecule has 0 aliphatic carbocycles. The number of carbonyl (C=O) groups excluding carboxylic acids is 2. The van der Waals surface area contributed by atoms with Gasteiger partial charge in [0.1, 0.15) is 17.5 Å². The van der Waals surface area contributed by atoms with E-state index in [1.165, 1.54) is 36.0 Å². The molecule has 0 bridgehead atoms. The highest BCUT2D eigenvalue weighted by molar-refractivity contribution is 7.98. The van der Waals surface area contributed by atoms with E-state index in [-0.39, 0.29) is 24.5 Å². The van der Waals surface area contributed by atoms with Gasteiger partial charge in [-0.25, -0.2) is 13.6 Å². The number of benzene rings is 2. The topological polar surface area (TPSA) is 88.9 Å². The lowest BCUT2D eigenvalue weighted by Gasteiger charge is -2.23. The number of carbonyl (C=O) groups is 2. The van der Waals surface area contributed by atoms with Gasteiger partial charge in [-0.05, 0) is 36.4 Å². The van der Waals surface area contributed by atoms with E-state index in [1.807, 2.05) is 0 Å². The summed E-state index contributed by atoms with van der Waals surface area (Å²) in [5.74, 6) is -0.544. The van der Waals surface area contributed by atoms with Gasteiger partial charge in [-0.1, -0.05) is 29.4 Å². The summed E-state index contributed by atoms with van der Waals surface area (Å²) < 4.78 is 29.3. The van der Waals surface area contributed by atoms with E-state index >= 15 is 0 Å². The molecule has 3 aromatic rings. The fourth-order valence-corrected chi connectivity index (χ4v) is 4.51. The fourth-order valence-electron chi connectivity index (χ4n) is 3.20. The summed E-state index contributed by atoms with van der Waals surface area (Å²) in [4.78, 5) is 23.3. The summed E-state index contributed by atoms with van der Waals surface area (Å²) in [7, 11) is 0. The molecule has 2 heterocycles. The molecule has 160 valence electrons. The molecule has 4 rings (SSSR count). The minimum Gasteiger partial charge on any atom is -0.334 e. The largest absolute Gasteiger partial charge is 0.334 e. The van der Waals surface area contributed by atoms with Crippen LogP contribution in [-0.2, 0) is 17.0 Å². The van der Waals surface area contributed by atoms with Crippen molar-refractivity contribution in [3.63, 3.8) is 0 Å². The number of hydrogen-bond acceptors (Lipinski definition) is 5. The lowest BCUT2D eigenvalue weighted by Crippen LogP contribution is -2.53. The number of rotatable bonds is 6. The Balaban J connectivity index is 1.64. The van der Waals surface area contributed by atoms with Gasteiger partial charge in [-0.15, -0.1) is 10.2 Å². The second-order valence-corrected chi connectivity index (χ2v) is 8.18. The molecule has 1 atom stereocenters. The SMILES string of the molecule is O=C1CC(Cc2nnc(SCc3c(F)cccc3Cl)n2-c2ccc(F)cc2)NC(=O)N1. The standard InChI is InChI=1S/C20H16ClF2N5O2S/c21-15-2-1-3-16(23)14(15)10-31-20-27-26-17(8-12-9-18(29)25-19(30)24-12)28(20)13-6-4-11(22)5-7-13/h1-7,12H,8-10H2,(H2,24,25,29,30). The van der Waals surface area contributed by atoms with Crippen molar-refractivity contribution in [2.75, 3.05) is 0 Å². The smallest absolute Gasteiger partial charge is 0.321 e. The summed E-state index contributed by atoms with van der Waals surface area (Å²) in [5.41, 5.74) is 0.927. The van der Waals surface area contributed by atoms with Gasteiger partial charge in [0, 0.05) is 40.9 Å². The predicted molar refractivity (Wildman–Crippen MR) is 111 cm³/mol. The Labute approximate surface area is 185 Å². The molecular weight excluding hydrogens is 448 g/mol. The van der Waals surface area contributed by atoms with Crippen LogP contribution in [0.5, 0.6) is 0 Å². The van der Waals surface area contributed by atoms with Crippen molar-refractivity contribution in [1.29, 1.82) is 0 Å². The minimum atomic E-state index is -0.571. The molecule has 0 saturated carbocycles. The van der Waals surface area contributed by atoms with E-state index in [2.05, 4.69) is 20.8 Å². The predicted octanol–water partition coefficient (Wildman–Crippen LogP) is 3.63. The summed E-state index contributed by atoms with van der Waals surface area (Å²) in [6.45, 7) is 0. The monoisotopic (exact) mass is 463 g/mol. The maximum absolute atomic E-state index is 14.1. The zero-order chi connectivity index (χ0) is 22.0. The van der Waals surface area contributed by atoms with Crippen molar-refractivity contribution in [2.45, 2.75) is 29.8 Å². The number of aromatic nitrogens is 3. The van der Waals surface area contributed by atoms with Crippen molar-refractivity contribution < 1.29 is 18.4 Å². The maximum atomic E-state index is 14.1. The van der Waals surface area contributed by atoms with E-state index in [1.54, 1.807) is 22.8 Å². The number of hydrogen-bond donors (Lipinski definition) is 2. The summed E-state index contributed by atoms with van der Waals surface area (Å²) in [6.07, 6.45) is 0.319. The summed E-state index contributed by atoms with van der Waals surface area (Å²) >= 11 is 7.33. The van der Waals surface area contributed by atoms with Crippen molar-refractivity contribution >= 4 is 35.3 Å². The van der Waals surface area contributed by atoms with Crippen LogP contribution in [0, 0.1) is 11.6 Å². The van der Waals surface area contributed by atoms with E-state index < -0.39 is 23.7 Å². The Kier molecular flexibility index (Phi) is 6.19. The molecule has 1 unspecified atom stereocenters. The van der Waals surface area contributed by atoms with Gasteiger partial charge in [0.2, 0.25) is 5.91 Å². The second-order valence-electron chi connectivity index (χ2n) is 6.83. The number of imide groups is 1. The van der Waals surface area contributed by atoms with Crippen LogP contribution in [0.3, 0.4) is 0 Å². The van der Waals surface area contributed by atoms with Crippen molar-refractivity contribution in [1.82, 2.24) is 25.4 Å². The molecule has 11 heteroatoms. The third-order valence-electron chi connectivity index (χ3n) is 4.64. The number of nitrogens with zero attached hydrogens (tertiary/aromatic N) is 3. The minimum absolute atomic E-state index is 0.0926. The van der Waals surface area contributed by atoms with E-state index in [9.17, 15) is 18.4 Å². The molecule has 1 aliphatic heterocycles. The molecule has 7 nitrogen and oxygen atoms in total. The van der Waals surface area contributed by atoms with Crippen LogP contribution in [0.2, 0.25) is 5.02 Å². The summed E-state index contributed by atoms with van der Waals surface area (Å²) in [5, 5.41) is 14.0. The highest BCUT2D eigenvalue weighted by Gasteiger charge is 2.27. The summed E-state index contributed by atoms with van der Waals surface area (Å²) in [6, 6.07) is 9.15. The Morgan fingerprint density at radius 3 is 2.61 bits per heavy atom. The second kappa shape index (κ2) is 9.03.